The number of benzene rings is 1. The Bertz CT molecular complexity index is 560. The zero-order valence-electron chi connectivity index (χ0n) is 10.1. The Kier molecular flexibility index (Phi) is 4.65. The predicted molar refractivity (Wildman–Crippen MR) is 75.6 cm³/mol. The Morgan fingerprint density at radius 3 is 2.58 bits per heavy atom. The van der Waals surface area contributed by atoms with Crippen LogP contribution in [0.5, 0.6) is 0 Å². The van der Waals surface area contributed by atoms with E-state index >= 15 is 0 Å². The number of nitrogens with zero attached hydrogens (tertiary/aromatic N) is 1. The summed E-state index contributed by atoms with van der Waals surface area (Å²) in [5, 5.41) is 12.3. The van der Waals surface area contributed by atoms with E-state index in [1.165, 1.54) is 0 Å². The van der Waals surface area contributed by atoms with Crippen molar-refractivity contribution < 1.29 is 9.90 Å². The van der Waals surface area contributed by atoms with Crippen LogP contribution < -0.4 is 5.32 Å². The van der Waals surface area contributed by atoms with Gasteiger partial charge < -0.3 is 5.11 Å². The van der Waals surface area contributed by atoms with Crippen LogP contribution in [-0.4, -0.2) is 16.1 Å². The molecule has 0 radical (unpaired) electrons. The van der Waals surface area contributed by atoms with Crippen molar-refractivity contribution in [1.82, 2.24) is 10.3 Å². The molecule has 0 aliphatic carbocycles. The van der Waals surface area contributed by atoms with Gasteiger partial charge in [0.15, 0.2) is 0 Å². The Morgan fingerprint density at radius 1 is 1.21 bits per heavy atom. The van der Waals surface area contributed by atoms with Gasteiger partial charge in [0.2, 0.25) is 0 Å². The molecule has 0 aliphatic heterocycles. The topological polar surface area (TPSA) is 62.2 Å². The van der Waals surface area contributed by atoms with E-state index in [-0.39, 0.29) is 0 Å². The summed E-state index contributed by atoms with van der Waals surface area (Å²) in [6.07, 6.45) is 0. The molecule has 0 amide bonds. The van der Waals surface area contributed by atoms with E-state index in [1.54, 1.807) is 12.1 Å². The van der Waals surface area contributed by atoms with E-state index in [9.17, 15) is 9.90 Å². The summed E-state index contributed by atoms with van der Waals surface area (Å²) in [7, 11) is 0. The number of hydrogen-bond donors (Lipinski definition) is 2. The first-order valence-corrected chi connectivity index (χ1v) is 6.58. The van der Waals surface area contributed by atoms with E-state index in [4.69, 9.17) is 0 Å². The molecule has 0 fully saturated rings. The van der Waals surface area contributed by atoms with Gasteiger partial charge in [0.1, 0.15) is 10.6 Å². The van der Waals surface area contributed by atoms with Crippen LogP contribution in [0.4, 0.5) is 0 Å². The Balaban J connectivity index is 2.08. The second-order valence-corrected chi connectivity index (χ2v) is 4.83. The average Bonchev–Trinajstić information content (AvgIpc) is 2.40. The van der Waals surface area contributed by atoms with E-state index in [2.05, 4.69) is 26.2 Å². The maximum absolute atomic E-state index is 11.3. The standard InChI is InChI=1S/C14H13BrN2O2/c15-12-8-4-7-11(17-12)9-16-13(14(18)19)10-5-2-1-3-6-10/h1-8,13,16H,9H2,(H,18,19). The number of carbonyl (C=O) groups is 1. The zero-order valence-corrected chi connectivity index (χ0v) is 11.7. The third-order valence-corrected chi connectivity index (χ3v) is 3.08. The highest BCUT2D eigenvalue weighted by atomic mass is 79.9. The fourth-order valence-electron chi connectivity index (χ4n) is 1.75. The molecule has 0 saturated heterocycles. The highest BCUT2D eigenvalue weighted by molar-refractivity contribution is 9.10. The summed E-state index contributed by atoms with van der Waals surface area (Å²) in [5.74, 6) is -0.902. The van der Waals surface area contributed by atoms with E-state index in [0.29, 0.717) is 6.54 Å². The minimum Gasteiger partial charge on any atom is -0.480 e. The highest BCUT2D eigenvalue weighted by Crippen LogP contribution is 2.14. The second-order valence-electron chi connectivity index (χ2n) is 4.01. The molecule has 2 rings (SSSR count). The first-order chi connectivity index (χ1) is 9.16. The van der Waals surface area contributed by atoms with Crippen molar-refractivity contribution in [2.45, 2.75) is 12.6 Å². The first-order valence-electron chi connectivity index (χ1n) is 5.79. The van der Waals surface area contributed by atoms with E-state index in [1.807, 2.05) is 36.4 Å². The van der Waals surface area contributed by atoms with Crippen molar-refractivity contribution >= 4 is 21.9 Å². The number of aliphatic carboxylic acids is 1. The highest BCUT2D eigenvalue weighted by Gasteiger charge is 2.18. The summed E-state index contributed by atoms with van der Waals surface area (Å²) in [6, 6.07) is 13.9. The minimum absolute atomic E-state index is 0.394. The lowest BCUT2D eigenvalue weighted by Crippen LogP contribution is -2.28. The van der Waals surface area contributed by atoms with Gasteiger partial charge in [0, 0.05) is 6.54 Å². The van der Waals surface area contributed by atoms with Gasteiger partial charge in [-0.2, -0.15) is 0 Å². The van der Waals surface area contributed by atoms with Gasteiger partial charge in [-0.3, -0.25) is 10.1 Å². The molecule has 1 unspecified atom stereocenters. The van der Waals surface area contributed by atoms with Crippen LogP contribution in [0.1, 0.15) is 17.3 Å². The number of aromatic nitrogens is 1. The summed E-state index contributed by atoms with van der Waals surface area (Å²) in [5.41, 5.74) is 1.52. The molecular formula is C14H13BrN2O2. The first kappa shape index (κ1) is 13.7. The molecule has 0 saturated carbocycles. The van der Waals surface area contributed by atoms with Crippen LogP contribution in [0.3, 0.4) is 0 Å². The molecule has 0 spiro atoms. The van der Waals surface area contributed by atoms with Crippen molar-refractivity contribution in [1.29, 1.82) is 0 Å². The number of pyridine rings is 1. The molecule has 2 aromatic rings. The maximum atomic E-state index is 11.3. The summed E-state index contributed by atoms with van der Waals surface area (Å²) < 4.78 is 0.735. The van der Waals surface area contributed by atoms with Crippen molar-refractivity contribution in [2.75, 3.05) is 0 Å². The Labute approximate surface area is 119 Å². The van der Waals surface area contributed by atoms with Crippen molar-refractivity contribution in [3.05, 3.63) is 64.4 Å². The molecule has 19 heavy (non-hydrogen) atoms. The van der Waals surface area contributed by atoms with Crippen molar-refractivity contribution in [3.8, 4) is 0 Å². The van der Waals surface area contributed by atoms with Gasteiger partial charge >= 0.3 is 5.97 Å². The third-order valence-electron chi connectivity index (χ3n) is 2.64. The number of nitrogens with one attached hydrogen (secondary N) is 1. The zero-order chi connectivity index (χ0) is 13.7. The normalized spacial score (nSPS) is 12.1. The molecule has 2 N–H and O–H groups in total. The van der Waals surface area contributed by atoms with Crippen LogP contribution in [-0.2, 0) is 11.3 Å². The lowest BCUT2D eigenvalue weighted by atomic mass is 10.1. The number of hydrogen-bond acceptors (Lipinski definition) is 3. The van der Waals surface area contributed by atoms with Crippen LogP contribution in [0.2, 0.25) is 0 Å². The van der Waals surface area contributed by atoms with Crippen LogP contribution >= 0.6 is 15.9 Å². The molecule has 0 aliphatic rings. The Morgan fingerprint density at radius 2 is 1.95 bits per heavy atom. The Hall–Kier alpha value is -1.72. The van der Waals surface area contributed by atoms with Gasteiger partial charge in [-0.25, -0.2) is 4.98 Å². The number of carboxylic acid groups (broad SMARTS) is 1. The largest absolute Gasteiger partial charge is 0.480 e. The average molecular weight is 321 g/mol. The number of carboxylic acids is 1. The molecule has 1 atom stereocenters. The van der Waals surface area contributed by atoms with Crippen LogP contribution in [0.15, 0.2) is 53.1 Å². The van der Waals surface area contributed by atoms with Gasteiger partial charge in [-0.05, 0) is 33.6 Å². The molecular weight excluding hydrogens is 308 g/mol. The third kappa shape index (κ3) is 3.87. The fraction of sp³-hybridized carbons (Fsp3) is 0.143. The quantitative estimate of drug-likeness (QED) is 0.831. The number of halogens is 1. The van der Waals surface area contributed by atoms with Gasteiger partial charge in [0.05, 0.1) is 5.69 Å². The molecule has 1 aromatic heterocycles. The molecule has 4 nitrogen and oxygen atoms in total. The van der Waals surface area contributed by atoms with Gasteiger partial charge in [-0.1, -0.05) is 36.4 Å². The molecule has 1 heterocycles. The molecule has 5 heteroatoms. The fourth-order valence-corrected chi connectivity index (χ4v) is 2.13. The van der Waals surface area contributed by atoms with Crippen LogP contribution in [0, 0.1) is 0 Å². The maximum Gasteiger partial charge on any atom is 0.325 e. The lowest BCUT2D eigenvalue weighted by Gasteiger charge is -2.14. The summed E-state index contributed by atoms with van der Waals surface area (Å²) >= 11 is 3.29. The van der Waals surface area contributed by atoms with Crippen molar-refractivity contribution in [2.24, 2.45) is 0 Å². The minimum atomic E-state index is -0.902. The van der Waals surface area contributed by atoms with Crippen molar-refractivity contribution in [3.63, 3.8) is 0 Å². The second kappa shape index (κ2) is 6.45. The molecule has 1 aromatic carbocycles. The van der Waals surface area contributed by atoms with Gasteiger partial charge in [0.25, 0.3) is 0 Å². The number of rotatable bonds is 5. The van der Waals surface area contributed by atoms with E-state index in [0.717, 1.165) is 15.9 Å². The summed E-state index contributed by atoms with van der Waals surface area (Å²) in [6.45, 7) is 0.394. The lowest BCUT2D eigenvalue weighted by molar-refractivity contribution is -0.139. The SMILES string of the molecule is O=C(O)C(NCc1cccc(Br)n1)c1ccccc1. The summed E-state index contributed by atoms with van der Waals surface area (Å²) in [4.78, 5) is 15.6. The van der Waals surface area contributed by atoms with Crippen LogP contribution in [0.25, 0.3) is 0 Å². The van der Waals surface area contributed by atoms with Gasteiger partial charge in [-0.15, -0.1) is 0 Å². The smallest absolute Gasteiger partial charge is 0.325 e. The van der Waals surface area contributed by atoms with E-state index < -0.39 is 12.0 Å². The monoisotopic (exact) mass is 320 g/mol. The molecule has 98 valence electrons. The predicted octanol–water partition coefficient (Wildman–Crippen LogP) is 2.76. The molecule has 0 bridgehead atoms.